The number of aliphatic hydroxyl groups is 1. The third-order valence-electron chi connectivity index (χ3n) is 6.05. The Morgan fingerprint density at radius 3 is 2.45 bits per heavy atom. The summed E-state index contributed by atoms with van der Waals surface area (Å²) in [7, 11) is 0. The topological polar surface area (TPSA) is 80.7 Å². The summed E-state index contributed by atoms with van der Waals surface area (Å²) in [6.07, 6.45) is 8.48. The van der Waals surface area contributed by atoms with Gasteiger partial charge in [-0.15, -0.1) is 0 Å². The number of nitrogens with zero attached hydrogens (tertiary/aromatic N) is 3. The van der Waals surface area contributed by atoms with Crippen molar-refractivity contribution in [2.75, 3.05) is 19.6 Å². The van der Waals surface area contributed by atoms with Crippen LogP contribution < -0.4 is 5.76 Å². The van der Waals surface area contributed by atoms with Gasteiger partial charge in [-0.3, -0.25) is 9.09 Å². The summed E-state index contributed by atoms with van der Waals surface area (Å²) in [5, 5.41) is 14.5. The van der Waals surface area contributed by atoms with Crippen molar-refractivity contribution < 1.29 is 14.4 Å². The average Bonchev–Trinajstić information content (AvgIpc) is 3.11. The Bertz CT molecular complexity index is 805. The number of piperidine rings is 1. The van der Waals surface area contributed by atoms with E-state index >= 15 is 0 Å². The number of likely N-dealkylation sites (tertiary alicyclic amines) is 1. The molecule has 1 atom stereocenters. The number of β-amino-alcohol motifs (C(OH)–C–C–N with tert-alkyl or cyclic N) is 1. The molecule has 1 aliphatic heterocycles. The summed E-state index contributed by atoms with van der Waals surface area (Å²) < 4.78 is 12.6. The van der Waals surface area contributed by atoms with E-state index in [-0.39, 0.29) is 6.54 Å². The lowest BCUT2D eigenvalue weighted by molar-refractivity contribution is -0.0594. The first-order valence-corrected chi connectivity index (χ1v) is 10.9. The van der Waals surface area contributed by atoms with E-state index in [1.165, 1.54) is 36.7 Å². The molecule has 2 aliphatic rings. The van der Waals surface area contributed by atoms with Gasteiger partial charge < -0.3 is 14.7 Å². The fraction of sp³-hybridized carbons (Fsp3) is 0.636. The summed E-state index contributed by atoms with van der Waals surface area (Å²) in [5.74, 6) is -0.0864. The quantitative estimate of drug-likeness (QED) is 0.768. The van der Waals surface area contributed by atoms with E-state index in [1.807, 2.05) is 30.3 Å². The second-order valence-electron chi connectivity index (χ2n) is 8.30. The standard InChI is InChI=1S/C22H31N3O4/c26-18(16-25-21(23-29-22(25)27)17-7-3-1-4-8-17)15-24-13-11-20(12-14-24)28-19-9-5-2-6-10-19/h1,3-4,7-8,18-20,26H,2,5-6,9-16H2. The van der Waals surface area contributed by atoms with Crippen LogP contribution in [0.15, 0.2) is 39.6 Å². The molecule has 2 heterocycles. The van der Waals surface area contributed by atoms with Gasteiger partial charge in [0.2, 0.25) is 0 Å². The number of rotatable bonds is 7. The Labute approximate surface area is 171 Å². The van der Waals surface area contributed by atoms with Crippen molar-refractivity contribution in [3.8, 4) is 11.4 Å². The van der Waals surface area contributed by atoms with Gasteiger partial charge >= 0.3 is 5.76 Å². The molecule has 1 saturated heterocycles. The maximum Gasteiger partial charge on any atom is 0.441 e. The first kappa shape index (κ1) is 20.3. The molecule has 0 spiro atoms. The Hall–Kier alpha value is -1.96. The lowest BCUT2D eigenvalue weighted by Crippen LogP contribution is -2.43. The maximum atomic E-state index is 12.1. The van der Waals surface area contributed by atoms with Gasteiger partial charge in [0, 0.05) is 25.2 Å². The fourth-order valence-electron chi connectivity index (χ4n) is 4.49. The third kappa shape index (κ3) is 5.35. The lowest BCUT2D eigenvalue weighted by atomic mass is 9.97. The van der Waals surface area contributed by atoms with Crippen LogP contribution in [-0.4, -0.2) is 57.7 Å². The van der Waals surface area contributed by atoms with Gasteiger partial charge in [0.25, 0.3) is 0 Å². The normalized spacial score (nSPS) is 20.7. The van der Waals surface area contributed by atoms with Crippen molar-refractivity contribution in [1.82, 2.24) is 14.6 Å². The minimum Gasteiger partial charge on any atom is -0.390 e. The Balaban J connectivity index is 1.27. The van der Waals surface area contributed by atoms with Crippen LogP contribution in [0.1, 0.15) is 44.9 Å². The van der Waals surface area contributed by atoms with Crippen molar-refractivity contribution in [2.45, 2.75) is 69.8 Å². The van der Waals surface area contributed by atoms with Crippen LogP contribution in [0.2, 0.25) is 0 Å². The summed E-state index contributed by atoms with van der Waals surface area (Å²) in [6, 6.07) is 9.42. The second kappa shape index (κ2) is 9.69. The predicted molar refractivity (Wildman–Crippen MR) is 110 cm³/mol. The van der Waals surface area contributed by atoms with Crippen LogP contribution in [0.4, 0.5) is 0 Å². The number of aromatic nitrogens is 2. The first-order valence-electron chi connectivity index (χ1n) is 10.9. The number of ether oxygens (including phenoxy) is 1. The van der Waals surface area contributed by atoms with Crippen molar-refractivity contribution >= 4 is 0 Å². The zero-order valence-corrected chi connectivity index (χ0v) is 16.9. The molecule has 0 amide bonds. The SMILES string of the molecule is O=c1onc(-c2ccccc2)n1CC(O)CN1CCC(OC2CCCCC2)CC1. The number of aliphatic hydroxyl groups excluding tert-OH is 1. The van der Waals surface area contributed by atoms with Gasteiger partial charge in [-0.25, -0.2) is 4.79 Å². The fourth-order valence-corrected chi connectivity index (χ4v) is 4.49. The Morgan fingerprint density at radius 2 is 1.72 bits per heavy atom. The molecule has 29 heavy (non-hydrogen) atoms. The highest BCUT2D eigenvalue weighted by atomic mass is 16.5. The molecular formula is C22H31N3O4. The highest BCUT2D eigenvalue weighted by molar-refractivity contribution is 5.54. The van der Waals surface area contributed by atoms with Crippen LogP contribution in [0.5, 0.6) is 0 Å². The first-order chi connectivity index (χ1) is 14.2. The van der Waals surface area contributed by atoms with Crippen molar-refractivity contribution in [3.63, 3.8) is 0 Å². The molecule has 1 saturated carbocycles. The van der Waals surface area contributed by atoms with Gasteiger partial charge in [0.15, 0.2) is 5.82 Å². The zero-order chi connectivity index (χ0) is 20.1. The van der Waals surface area contributed by atoms with Crippen LogP contribution >= 0.6 is 0 Å². The van der Waals surface area contributed by atoms with Crippen molar-refractivity contribution in [2.24, 2.45) is 0 Å². The van der Waals surface area contributed by atoms with E-state index in [0.29, 0.717) is 24.6 Å². The average molecular weight is 402 g/mol. The van der Waals surface area contributed by atoms with E-state index < -0.39 is 11.9 Å². The number of hydrogen-bond acceptors (Lipinski definition) is 6. The molecule has 1 aromatic heterocycles. The molecule has 2 fully saturated rings. The van der Waals surface area contributed by atoms with Crippen LogP contribution in [0.3, 0.4) is 0 Å². The summed E-state index contributed by atoms with van der Waals surface area (Å²) in [6.45, 7) is 2.53. The van der Waals surface area contributed by atoms with Gasteiger partial charge in [0.1, 0.15) is 0 Å². The summed E-state index contributed by atoms with van der Waals surface area (Å²) in [5.41, 5.74) is 0.797. The summed E-state index contributed by atoms with van der Waals surface area (Å²) >= 11 is 0. The van der Waals surface area contributed by atoms with Crippen LogP contribution in [0, 0.1) is 0 Å². The molecule has 7 nitrogen and oxygen atoms in total. The molecule has 158 valence electrons. The van der Waals surface area contributed by atoms with E-state index in [1.54, 1.807) is 0 Å². The van der Waals surface area contributed by atoms with E-state index in [0.717, 1.165) is 31.5 Å². The molecule has 0 bridgehead atoms. The molecule has 4 rings (SSSR count). The van der Waals surface area contributed by atoms with Gasteiger partial charge in [-0.2, -0.15) is 0 Å². The molecule has 1 aliphatic carbocycles. The molecule has 7 heteroatoms. The highest BCUT2D eigenvalue weighted by Crippen LogP contribution is 2.25. The van der Waals surface area contributed by atoms with E-state index in [9.17, 15) is 9.90 Å². The van der Waals surface area contributed by atoms with Gasteiger partial charge in [-0.05, 0) is 25.7 Å². The summed E-state index contributed by atoms with van der Waals surface area (Å²) in [4.78, 5) is 14.3. The maximum absolute atomic E-state index is 12.1. The van der Waals surface area contributed by atoms with Crippen molar-refractivity contribution in [1.29, 1.82) is 0 Å². The second-order valence-corrected chi connectivity index (χ2v) is 8.30. The monoisotopic (exact) mass is 401 g/mol. The largest absolute Gasteiger partial charge is 0.441 e. The third-order valence-corrected chi connectivity index (χ3v) is 6.05. The van der Waals surface area contributed by atoms with Gasteiger partial charge in [0.05, 0.1) is 24.9 Å². The Morgan fingerprint density at radius 1 is 1.03 bits per heavy atom. The molecule has 1 aromatic carbocycles. The van der Waals surface area contributed by atoms with Crippen molar-refractivity contribution in [3.05, 3.63) is 40.9 Å². The van der Waals surface area contributed by atoms with E-state index in [4.69, 9.17) is 9.26 Å². The number of benzene rings is 1. The lowest BCUT2D eigenvalue weighted by Gasteiger charge is -2.35. The molecule has 0 radical (unpaired) electrons. The highest BCUT2D eigenvalue weighted by Gasteiger charge is 2.25. The van der Waals surface area contributed by atoms with Crippen LogP contribution in [-0.2, 0) is 11.3 Å². The molecule has 1 N–H and O–H groups in total. The molecular weight excluding hydrogens is 370 g/mol. The molecule has 1 unspecified atom stereocenters. The minimum atomic E-state index is -0.662. The minimum absolute atomic E-state index is 0.172. The van der Waals surface area contributed by atoms with E-state index in [2.05, 4.69) is 10.1 Å². The number of hydrogen-bond donors (Lipinski definition) is 1. The Kier molecular flexibility index (Phi) is 6.79. The smallest absolute Gasteiger partial charge is 0.390 e. The zero-order valence-electron chi connectivity index (χ0n) is 16.9. The predicted octanol–water partition coefficient (Wildman–Crippen LogP) is 2.68. The van der Waals surface area contributed by atoms with Gasteiger partial charge in [-0.1, -0.05) is 54.8 Å². The molecule has 2 aromatic rings. The van der Waals surface area contributed by atoms with Crippen LogP contribution in [0.25, 0.3) is 11.4 Å².